The number of hydrogen-bond acceptors (Lipinski definition) is 7. The highest BCUT2D eigenvalue weighted by Crippen LogP contribution is 2.38. The number of phenols is 1. The lowest BCUT2D eigenvalue weighted by molar-refractivity contribution is 0.161. The van der Waals surface area contributed by atoms with Gasteiger partial charge in [-0.25, -0.2) is 4.39 Å². The van der Waals surface area contributed by atoms with Gasteiger partial charge in [0.25, 0.3) is 0 Å². The number of halogens is 1. The second-order valence-electron chi connectivity index (χ2n) is 8.65. The summed E-state index contributed by atoms with van der Waals surface area (Å²) < 4.78 is 21.4. The molecule has 4 aromatic rings. The molecule has 3 heterocycles. The smallest absolute Gasteiger partial charge is 0.318 e. The van der Waals surface area contributed by atoms with E-state index < -0.39 is 5.82 Å². The number of nitrogens with zero attached hydrogens (tertiary/aromatic N) is 4. The molecule has 2 N–H and O–H groups in total. The third-order valence-corrected chi connectivity index (χ3v) is 6.51. The van der Waals surface area contributed by atoms with E-state index in [1.165, 1.54) is 7.11 Å². The number of aromatic hydroxyl groups is 1. The predicted octanol–water partition coefficient (Wildman–Crippen LogP) is 4.61. The molecule has 0 spiro atoms. The number of benzene rings is 2. The van der Waals surface area contributed by atoms with Crippen molar-refractivity contribution >= 4 is 27.5 Å². The van der Waals surface area contributed by atoms with E-state index in [0.717, 1.165) is 35.6 Å². The summed E-state index contributed by atoms with van der Waals surface area (Å²) in [4.78, 5) is 15.4. The molecule has 1 saturated heterocycles. The van der Waals surface area contributed by atoms with Crippen molar-refractivity contribution < 1.29 is 19.3 Å². The summed E-state index contributed by atoms with van der Waals surface area (Å²) in [6.07, 6.45) is 4.12. The molecule has 5 rings (SSSR count). The Morgan fingerprint density at radius 3 is 2.82 bits per heavy atom. The summed E-state index contributed by atoms with van der Waals surface area (Å²) in [6, 6.07) is 9.12. The van der Waals surface area contributed by atoms with Crippen LogP contribution in [0.15, 0.2) is 36.5 Å². The highest BCUT2D eigenvalue weighted by atomic mass is 19.1. The molecule has 1 aliphatic rings. The zero-order chi connectivity index (χ0) is 23.8. The van der Waals surface area contributed by atoms with Crippen LogP contribution in [0.25, 0.3) is 32.9 Å². The van der Waals surface area contributed by atoms with E-state index in [-0.39, 0.29) is 29.1 Å². The van der Waals surface area contributed by atoms with Gasteiger partial charge in [-0.05, 0) is 54.2 Å². The lowest BCUT2D eigenvalue weighted by Crippen LogP contribution is -2.26. The van der Waals surface area contributed by atoms with E-state index in [4.69, 9.17) is 4.74 Å². The Balaban J connectivity index is 1.74. The summed E-state index contributed by atoms with van der Waals surface area (Å²) in [6.45, 7) is 3.32. The molecular formula is C26H27FN4O3. The maximum absolute atomic E-state index is 16.1. The molecule has 0 radical (unpaired) electrons. The number of pyridine rings is 1. The number of fused-ring (bicyclic) bond motifs is 2. The zero-order valence-corrected chi connectivity index (χ0v) is 19.3. The first-order valence-corrected chi connectivity index (χ1v) is 11.6. The maximum atomic E-state index is 16.1. The number of aliphatic hydroxyl groups is 1. The molecule has 7 nitrogen and oxygen atoms in total. The quantitative estimate of drug-likeness (QED) is 0.458. The van der Waals surface area contributed by atoms with Crippen molar-refractivity contribution in [3.8, 4) is 23.0 Å². The number of hydrogen-bond donors (Lipinski definition) is 2. The van der Waals surface area contributed by atoms with Crippen LogP contribution in [0.4, 0.5) is 10.2 Å². The lowest BCUT2D eigenvalue weighted by Gasteiger charge is -2.23. The number of ether oxygens (including phenoxy) is 1. The molecule has 1 unspecified atom stereocenters. The fraction of sp³-hybridized carbons (Fsp3) is 0.346. The van der Waals surface area contributed by atoms with Gasteiger partial charge in [0.2, 0.25) is 0 Å². The minimum absolute atomic E-state index is 0.0427. The molecule has 1 fully saturated rings. The van der Waals surface area contributed by atoms with E-state index >= 15 is 4.39 Å². The van der Waals surface area contributed by atoms with Crippen LogP contribution in [0.2, 0.25) is 0 Å². The number of aryl methyl sites for hydroxylation is 1. The molecule has 34 heavy (non-hydrogen) atoms. The molecule has 2 aromatic heterocycles. The van der Waals surface area contributed by atoms with Gasteiger partial charge in [-0.2, -0.15) is 9.97 Å². The molecule has 176 valence electrons. The summed E-state index contributed by atoms with van der Waals surface area (Å²) >= 11 is 0. The Morgan fingerprint density at radius 1 is 1.18 bits per heavy atom. The monoisotopic (exact) mass is 462 g/mol. The first-order chi connectivity index (χ1) is 16.5. The highest BCUT2D eigenvalue weighted by molar-refractivity contribution is 6.01. The minimum atomic E-state index is -0.591. The van der Waals surface area contributed by atoms with Crippen LogP contribution in [-0.4, -0.2) is 51.5 Å². The maximum Gasteiger partial charge on any atom is 0.318 e. The summed E-state index contributed by atoms with van der Waals surface area (Å²) in [7, 11) is 1.45. The lowest BCUT2D eigenvalue weighted by atomic mass is 9.95. The number of phenolic OH excluding ortho intramolecular Hbond substituents is 1. The Hall–Kier alpha value is -3.52. The predicted molar refractivity (Wildman–Crippen MR) is 130 cm³/mol. The summed E-state index contributed by atoms with van der Waals surface area (Å²) in [5, 5.41) is 22.6. The van der Waals surface area contributed by atoms with Crippen LogP contribution in [0.5, 0.6) is 11.8 Å². The van der Waals surface area contributed by atoms with Crippen LogP contribution >= 0.6 is 0 Å². The van der Waals surface area contributed by atoms with E-state index in [1.54, 1.807) is 18.3 Å². The Morgan fingerprint density at radius 2 is 2.03 bits per heavy atom. The molecule has 8 heteroatoms. The van der Waals surface area contributed by atoms with Gasteiger partial charge in [-0.15, -0.1) is 0 Å². The number of rotatable bonds is 4. The number of aromatic nitrogens is 3. The molecular weight excluding hydrogens is 435 g/mol. The van der Waals surface area contributed by atoms with E-state index in [1.807, 2.05) is 30.0 Å². The van der Waals surface area contributed by atoms with E-state index in [9.17, 15) is 10.2 Å². The molecule has 0 bridgehead atoms. The molecule has 2 aromatic carbocycles. The zero-order valence-electron chi connectivity index (χ0n) is 19.3. The number of methoxy groups -OCH3 is 1. The molecule has 1 atom stereocenters. The summed E-state index contributed by atoms with van der Waals surface area (Å²) in [5.74, 6) is -0.00263. The second kappa shape index (κ2) is 9.02. The van der Waals surface area contributed by atoms with Crippen molar-refractivity contribution in [2.75, 3.05) is 25.1 Å². The van der Waals surface area contributed by atoms with Crippen molar-refractivity contribution in [2.45, 2.75) is 38.7 Å². The Labute approximate surface area is 196 Å². The first-order valence-electron chi connectivity index (χ1n) is 11.6. The van der Waals surface area contributed by atoms with Crippen molar-refractivity contribution in [3.63, 3.8) is 0 Å². The standard InChI is InChI=1S/C26H27FN4O3/c1-3-15-6-4-7-16-12-18(33)13-19(21(15)16)23-22(27)24-20(14-28-23)25(30-26(29-24)34-2)31-10-5-8-17(32)9-11-31/h4,6-7,12-14,17,32-33H,3,5,8-11H2,1-2H3. The largest absolute Gasteiger partial charge is 0.508 e. The fourth-order valence-electron chi connectivity index (χ4n) is 4.80. The van der Waals surface area contributed by atoms with Crippen LogP contribution in [-0.2, 0) is 6.42 Å². The Kier molecular flexibility index (Phi) is 5.91. The Bertz CT molecular complexity index is 1380. The van der Waals surface area contributed by atoms with Crippen molar-refractivity contribution in [1.29, 1.82) is 0 Å². The topological polar surface area (TPSA) is 91.6 Å². The minimum Gasteiger partial charge on any atom is -0.508 e. The summed E-state index contributed by atoms with van der Waals surface area (Å²) in [5.41, 5.74) is 1.79. The molecule has 0 amide bonds. The van der Waals surface area contributed by atoms with Gasteiger partial charge in [-0.1, -0.05) is 25.1 Å². The van der Waals surface area contributed by atoms with Crippen molar-refractivity contribution in [3.05, 3.63) is 47.9 Å². The van der Waals surface area contributed by atoms with Gasteiger partial charge in [-0.3, -0.25) is 4.98 Å². The average molecular weight is 463 g/mol. The third kappa shape index (κ3) is 3.88. The second-order valence-corrected chi connectivity index (χ2v) is 8.65. The van der Waals surface area contributed by atoms with Gasteiger partial charge < -0.3 is 19.8 Å². The normalized spacial score (nSPS) is 16.7. The molecule has 0 saturated carbocycles. The number of anilines is 1. The van der Waals surface area contributed by atoms with Crippen molar-refractivity contribution in [2.24, 2.45) is 0 Å². The molecule has 0 aliphatic carbocycles. The van der Waals surface area contributed by atoms with E-state index in [2.05, 4.69) is 15.0 Å². The van der Waals surface area contributed by atoms with Gasteiger partial charge in [0.15, 0.2) is 5.82 Å². The fourth-order valence-corrected chi connectivity index (χ4v) is 4.80. The van der Waals surface area contributed by atoms with Gasteiger partial charge in [0.05, 0.1) is 18.6 Å². The SMILES string of the molecule is CCc1cccc2cc(O)cc(-c3ncc4c(N5CCCC(O)CC5)nc(OC)nc4c3F)c12. The van der Waals surface area contributed by atoms with E-state index in [0.29, 0.717) is 36.3 Å². The van der Waals surface area contributed by atoms with Gasteiger partial charge in [0.1, 0.15) is 22.8 Å². The van der Waals surface area contributed by atoms with Crippen molar-refractivity contribution in [1.82, 2.24) is 15.0 Å². The van der Waals surface area contributed by atoms with Gasteiger partial charge >= 0.3 is 6.01 Å². The average Bonchev–Trinajstić information content (AvgIpc) is 3.07. The third-order valence-electron chi connectivity index (χ3n) is 6.51. The van der Waals surface area contributed by atoms with Gasteiger partial charge in [0, 0.05) is 24.8 Å². The van der Waals surface area contributed by atoms with Crippen LogP contribution in [0, 0.1) is 5.82 Å². The number of aliphatic hydroxyl groups excluding tert-OH is 1. The van der Waals surface area contributed by atoms with Crippen LogP contribution in [0.3, 0.4) is 0 Å². The van der Waals surface area contributed by atoms with Crippen LogP contribution in [0.1, 0.15) is 31.7 Å². The van der Waals surface area contributed by atoms with Crippen LogP contribution < -0.4 is 9.64 Å². The molecule has 1 aliphatic heterocycles. The highest BCUT2D eigenvalue weighted by Gasteiger charge is 2.24. The first kappa shape index (κ1) is 22.3.